The SMILES string of the molecule is C=C1CC[C@@]2(C)CC[C@]3(O)c4ccccc4CC[C@@H]3[C@H]12. The van der Waals surface area contributed by atoms with Crippen molar-refractivity contribution in [3.8, 4) is 0 Å². The maximum Gasteiger partial charge on any atom is 0.0933 e. The van der Waals surface area contributed by atoms with E-state index < -0.39 is 5.60 Å². The molecule has 1 heteroatoms. The zero-order valence-corrected chi connectivity index (χ0v) is 12.4. The first-order chi connectivity index (χ1) is 9.55. The largest absolute Gasteiger partial charge is 0.385 e. The lowest BCUT2D eigenvalue weighted by Crippen LogP contribution is -2.51. The highest BCUT2D eigenvalue weighted by atomic mass is 16.3. The van der Waals surface area contributed by atoms with Gasteiger partial charge in [0.1, 0.15) is 0 Å². The summed E-state index contributed by atoms with van der Waals surface area (Å²) in [5.41, 5.74) is 3.75. The van der Waals surface area contributed by atoms with Gasteiger partial charge in [-0.05, 0) is 66.9 Å². The Morgan fingerprint density at radius 1 is 1.15 bits per heavy atom. The van der Waals surface area contributed by atoms with E-state index in [0.29, 0.717) is 17.3 Å². The van der Waals surface area contributed by atoms with Crippen molar-refractivity contribution >= 4 is 0 Å². The molecule has 4 atom stereocenters. The molecule has 1 N–H and O–H groups in total. The highest BCUT2D eigenvalue weighted by molar-refractivity contribution is 5.38. The van der Waals surface area contributed by atoms with Gasteiger partial charge >= 0.3 is 0 Å². The summed E-state index contributed by atoms with van der Waals surface area (Å²) in [6, 6.07) is 8.53. The van der Waals surface area contributed by atoms with Crippen LogP contribution in [0.15, 0.2) is 36.4 Å². The third-order valence-electron chi connectivity index (χ3n) is 6.51. The maximum absolute atomic E-state index is 11.5. The Morgan fingerprint density at radius 2 is 1.95 bits per heavy atom. The lowest BCUT2D eigenvalue weighted by atomic mass is 9.53. The van der Waals surface area contributed by atoms with Crippen LogP contribution in [0.4, 0.5) is 0 Å². The Kier molecular flexibility index (Phi) is 2.51. The topological polar surface area (TPSA) is 20.2 Å². The van der Waals surface area contributed by atoms with Crippen LogP contribution in [0.3, 0.4) is 0 Å². The molecule has 0 aromatic heterocycles. The van der Waals surface area contributed by atoms with Gasteiger partial charge in [-0.25, -0.2) is 0 Å². The van der Waals surface area contributed by atoms with Crippen molar-refractivity contribution in [1.82, 2.24) is 0 Å². The molecule has 1 aromatic carbocycles. The van der Waals surface area contributed by atoms with Gasteiger partial charge in [-0.3, -0.25) is 0 Å². The highest BCUT2D eigenvalue weighted by Gasteiger charge is 2.57. The first-order valence-electron chi connectivity index (χ1n) is 8.03. The van der Waals surface area contributed by atoms with E-state index in [1.807, 2.05) is 0 Å². The monoisotopic (exact) mass is 268 g/mol. The Hall–Kier alpha value is -1.08. The zero-order valence-electron chi connectivity index (χ0n) is 12.4. The summed E-state index contributed by atoms with van der Waals surface area (Å²) in [5, 5.41) is 11.5. The fourth-order valence-electron chi connectivity index (χ4n) is 5.45. The summed E-state index contributed by atoms with van der Waals surface area (Å²) < 4.78 is 0. The van der Waals surface area contributed by atoms with E-state index in [-0.39, 0.29) is 0 Å². The highest BCUT2D eigenvalue weighted by Crippen LogP contribution is 2.63. The molecule has 1 aromatic rings. The number of benzene rings is 1. The number of rotatable bonds is 0. The number of aryl methyl sites for hydroxylation is 1. The van der Waals surface area contributed by atoms with E-state index in [4.69, 9.17) is 0 Å². The van der Waals surface area contributed by atoms with Crippen LogP contribution in [0.5, 0.6) is 0 Å². The average molecular weight is 268 g/mol. The van der Waals surface area contributed by atoms with Crippen molar-refractivity contribution in [3.63, 3.8) is 0 Å². The molecule has 106 valence electrons. The van der Waals surface area contributed by atoms with Crippen LogP contribution in [-0.2, 0) is 12.0 Å². The van der Waals surface area contributed by atoms with E-state index in [2.05, 4.69) is 37.8 Å². The van der Waals surface area contributed by atoms with E-state index in [0.717, 1.165) is 32.1 Å². The van der Waals surface area contributed by atoms with Gasteiger partial charge in [0, 0.05) is 0 Å². The molecule has 0 heterocycles. The first-order valence-corrected chi connectivity index (χ1v) is 8.03. The van der Waals surface area contributed by atoms with Gasteiger partial charge in [0.25, 0.3) is 0 Å². The molecular weight excluding hydrogens is 244 g/mol. The lowest BCUT2D eigenvalue weighted by molar-refractivity contribution is -0.117. The Bertz CT molecular complexity index is 575. The number of fused-ring (bicyclic) bond motifs is 5. The summed E-state index contributed by atoms with van der Waals surface area (Å²) in [5.74, 6) is 0.903. The molecule has 0 aliphatic heterocycles. The minimum absolute atomic E-state index is 0.381. The summed E-state index contributed by atoms with van der Waals surface area (Å²) >= 11 is 0. The van der Waals surface area contributed by atoms with Crippen LogP contribution >= 0.6 is 0 Å². The molecule has 3 aliphatic carbocycles. The number of aliphatic hydroxyl groups is 1. The second-order valence-corrected chi connectivity index (χ2v) is 7.52. The van der Waals surface area contributed by atoms with Crippen LogP contribution in [0.1, 0.15) is 50.2 Å². The molecule has 0 spiro atoms. The second kappa shape index (κ2) is 3.98. The van der Waals surface area contributed by atoms with Crippen LogP contribution in [-0.4, -0.2) is 5.11 Å². The van der Waals surface area contributed by atoms with E-state index in [1.54, 1.807) is 0 Å². The molecule has 2 fully saturated rings. The molecule has 1 nitrogen and oxygen atoms in total. The van der Waals surface area contributed by atoms with Crippen LogP contribution in [0.25, 0.3) is 0 Å². The fourth-order valence-corrected chi connectivity index (χ4v) is 5.45. The third-order valence-corrected chi connectivity index (χ3v) is 6.51. The summed E-state index contributed by atoms with van der Waals surface area (Å²) in [4.78, 5) is 0. The number of hydrogen-bond acceptors (Lipinski definition) is 1. The molecule has 3 aliphatic rings. The van der Waals surface area contributed by atoms with Crippen molar-refractivity contribution in [1.29, 1.82) is 0 Å². The smallest absolute Gasteiger partial charge is 0.0933 e. The number of hydrogen-bond donors (Lipinski definition) is 1. The predicted octanol–water partition coefficient (Wildman–Crippen LogP) is 4.20. The molecule has 0 amide bonds. The Labute approximate surface area is 121 Å². The minimum Gasteiger partial charge on any atom is -0.385 e. The molecule has 2 saturated carbocycles. The molecule has 0 radical (unpaired) electrons. The van der Waals surface area contributed by atoms with Crippen LogP contribution in [0, 0.1) is 17.3 Å². The van der Waals surface area contributed by atoms with Gasteiger partial charge in [0.2, 0.25) is 0 Å². The van der Waals surface area contributed by atoms with Gasteiger partial charge in [-0.1, -0.05) is 43.3 Å². The molecule has 0 bridgehead atoms. The van der Waals surface area contributed by atoms with Crippen LogP contribution in [0.2, 0.25) is 0 Å². The molecule has 0 unspecified atom stereocenters. The second-order valence-electron chi connectivity index (χ2n) is 7.52. The number of allylic oxidation sites excluding steroid dienone is 1. The van der Waals surface area contributed by atoms with Gasteiger partial charge in [0.15, 0.2) is 0 Å². The van der Waals surface area contributed by atoms with Crippen molar-refractivity contribution in [2.75, 3.05) is 0 Å². The summed E-state index contributed by atoms with van der Waals surface area (Å²) in [6.45, 7) is 6.78. The predicted molar refractivity (Wildman–Crippen MR) is 81.4 cm³/mol. The molecular formula is C19H24O. The minimum atomic E-state index is -0.605. The van der Waals surface area contributed by atoms with Gasteiger partial charge < -0.3 is 5.11 Å². The van der Waals surface area contributed by atoms with Gasteiger partial charge in [-0.15, -0.1) is 0 Å². The van der Waals surface area contributed by atoms with E-state index >= 15 is 0 Å². The third kappa shape index (κ3) is 1.47. The fraction of sp³-hybridized carbons (Fsp3) is 0.579. The Morgan fingerprint density at radius 3 is 2.80 bits per heavy atom. The maximum atomic E-state index is 11.5. The normalized spacial score (nSPS) is 42.8. The molecule has 4 rings (SSSR count). The van der Waals surface area contributed by atoms with E-state index in [1.165, 1.54) is 23.1 Å². The molecule has 0 saturated heterocycles. The summed E-state index contributed by atoms with van der Waals surface area (Å²) in [7, 11) is 0. The zero-order chi connectivity index (χ0) is 14.0. The first kappa shape index (κ1) is 12.6. The average Bonchev–Trinajstić information content (AvgIpc) is 2.75. The summed E-state index contributed by atoms with van der Waals surface area (Å²) in [6.07, 6.45) is 6.73. The van der Waals surface area contributed by atoms with Gasteiger partial charge in [0.05, 0.1) is 5.60 Å². The van der Waals surface area contributed by atoms with Crippen molar-refractivity contribution in [3.05, 3.63) is 47.5 Å². The standard InChI is InChI=1S/C19H24O/c1-13-9-10-18(2)11-12-19(20)15-6-4-3-5-14(15)7-8-16(19)17(13)18/h3-6,16-17,20H,1,7-12H2,2H3/t16-,17+,18+,19+/m1/s1. The molecule has 20 heavy (non-hydrogen) atoms. The van der Waals surface area contributed by atoms with E-state index in [9.17, 15) is 5.11 Å². The Balaban J connectivity index is 1.83. The van der Waals surface area contributed by atoms with Crippen LogP contribution < -0.4 is 0 Å². The van der Waals surface area contributed by atoms with Crippen molar-refractivity contribution in [2.24, 2.45) is 17.3 Å². The van der Waals surface area contributed by atoms with Crippen molar-refractivity contribution < 1.29 is 5.11 Å². The van der Waals surface area contributed by atoms with Crippen molar-refractivity contribution in [2.45, 2.75) is 51.0 Å². The quantitative estimate of drug-likeness (QED) is 0.699. The lowest BCUT2D eigenvalue weighted by Gasteiger charge is -2.54. The van der Waals surface area contributed by atoms with Gasteiger partial charge in [-0.2, -0.15) is 0 Å².